The molecule has 0 radical (unpaired) electrons. The molecular weight excluding hydrogens is 264 g/mol. The zero-order chi connectivity index (χ0) is 14.1. The van der Waals surface area contributed by atoms with E-state index in [1.165, 1.54) is 57.8 Å². The minimum absolute atomic E-state index is 0.293. The summed E-state index contributed by atoms with van der Waals surface area (Å²) in [5.74, 6) is 0. The summed E-state index contributed by atoms with van der Waals surface area (Å²) >= 11 is 0. The molecule has 0 aromatic rings. The first kappa shape index (κ1) is 14.4. The topological polar surface area (TPSA) is 42.5 Å². The Hall–Kier alpha value is -0.160. The molecule has 4 rings (SSSR count). The molecule has 0 aromatic carbocycles. The molecule has 0 spiro atoms. The average molecular weight is 294 g/mol. The molecule has 6 atom stereocenters. The molecule has 2 saturated heterocycles. The fourth-order valence-corrected chi connectivity index (χ4v) is 4.67. The van der Waals surface area contributed by atoms with E-state index in [2.05, 4.69) is 10.6 Å². The fraction of sp³-hybridized carbons (Fsp3) is 1.00. The first-order chi connectivity index (χ1) is 10.4. The summed E-state index contributed by atoms with van der Waals surface area (Å²) in [5, 5.41) is 7.37. The van der Waals surface area contributed by atoms with E-state index in [0.29, 0.717) is 36.7 Å². The number of fused-ring (bicyclic) bond motifs is 2. The van der Waals surface area contributed by atoms with E-state index in [1.807, 2.05) is 0 Å². The van der Waals surface area contributed by atoms with Gasteiger partial charge in [0.1, 0.15) is 12.5 Å². The van der Waals surface area contributed by atoms with Crippen LogP contribution in [0.25, 0.3) is 0 Å². The smallest absolute Gasteiger partial charge is 0.108 e. The van der Waals surface area contributed by atoms with Gasteiger partial charge in [-0.25, -0.2) is 0 Å². The first-order valence-electron chi connectivity index (χ1n) is 9.21. The van der Waals surface area contributed by atoms with Gasteiger partial charge in [0.15, 0.2) is 0 Å². The maximum Gasteiger partial charge on any atom is 0.108 e. The fourth-order valence-electron chi connectivity index (χ4n) is 4.67. The Kier molecular flexibility index (Phi) is 4.49. The minimum Gasteiger partial charge on any atom is -0.359 e. The lowest BCUT2D eigenvalue weighted by Gasteiger charge is -2.22. The third kappa shape index (κ3) is 3.29. The van der Waals surface area contributed by atoms with E-state index in [1.54, 1.807) is 0 Å². The van der Waals surface area contributed by atoms with E-state index in [9.17, 15) is 0 Å². The van der Waals surface area contributed by atoms with E-state index in [-0.39, 0.29) is 0 Å². The SMILES string of the molecule is C(CC1NC2CCCCC2O1)CC1NC2CCCCC2O1. The Bertz CT molecular complexity index is 292. The van der Waals surface area contributed by atoms with Crippen LogP contribution >= 0.6 is 0 Å². The molecule has 0 amide bonds. The summed E-state index contributed by atoms with van der Waals surface area (Å²) in [6, 6.07) is 1.26. The number of hydrogen-bond donors (Lipinski definition) is 2. The van der Waals surface area contributed by atoms with Crippen molar-refractivity contribution in [2.45, 2.75) is 107 Å². The van der Waals surface area contributed by atoms with Gasteiger partial charge in [-0.3, -0.25) is 10.6 Å². The van der Waals surface area contributed by atoms with E-state index in [0.717, 1.165) is 12.8 Å². The van der Waals surface area contributed by atoms with Gasteiger partial charge < -0.3 is 9.47 Å². The van der Waals surface area contributed by atoms with Crippen LogP contribution < -0.4 is 10.6 Å². The molecule has 4 fully saturated rings. The highest BCUT2D eigenvalue weighted by atomic mass is 16.5. The van der Waals surface area contributed by atoms with Crippen LogP contribution in [0, 0.1) is 0 Å². The minimum atomic E-state index is 0.293. The summed E-state index contributed by atoms with van der Waals surface area (Å²) in [5.41, 5.74) is 0. The van der Waals surface area contributed by atoms with Gasteiger partial charge in [-0.2, -0.15) is 0 Å². The molecule has 4 aliphatic rings. The predicted molar refractivity (Wildman–Crippen MR) is 82.0 cm³/mol. The maximum absolute atomic E-state index is 6.15. The quantitative estimate of drug-likeness (QED) is 0.836. The largest absolute Gasteiger partial charge is 0.359 e. The first-order valence-corrected chi connectivity index (χ1v) is 9.21. The van der Waals surface area contributed by atoms with Crippen LogP contribution in [0.2, 0.25) is 0 Å². The summed E-state index contributed by atoms with van der Waals surface area (Å²) in [6.07, 6.45) is 15.6. The lowest BCUT2D eigenvalue weighted by atomic mass is 9.93. The van der Waals surface area contributed by atoms with Crippen molar-refractivity contribution in [2.24, 2.45) is 0 Å². The van der Waals surface area contributed by atoms with Crippen molar-refractivity contribution in [1.82, 2.24) is 10.6 Å². The Balaban J connectivity index is 1.17. The second kappa shape index (κ2) is 6.53. The molecule has 2 heterocycles. The second-order valence-electron chi connectivity index (χ2n) is 7.37. The molecule has 21 heavy (non-hydrogen) atoms. The number of hydrogen-bond acceptors (Lipinski definition) is 4. The van der Waals surface area contributed by atoms with E-state index in [4.69, 9.17) is 9.47 Å². The Morgan fingerprint density at radius 2 is 1.14 bits per heavy atom. The van der Waals surface area contributed by atoms with Crippen molar-refractivity contribution in [3.63, 3.8) is 0 Å². The van der Waals surface area contributed by atoms with Gasteiger partial charge in [0.2, 0.25) is 0 Å². The van der Waals surface area contributed by atoms with Crippen LogP contribution in [-0.4, -0.2) is 36.7 Å². The van der Waals surface area contributed by atoms with Crippen LogP contribution in [0.3, 0.4) is 0 Å². The highest BCUT2D eigenvalue weighted by Crippen LogP contribution is 2.30. The standard InChI is InChI=1S/C17H30N2O2/c1-3-8-14-12(6-1)18-16(20-14)10-5-11-17-19-13-7-2-4-9-15(13)21-17/h12-19H,1-11H2. The van der Waals surface area contributed by atoms with Crippen LogP contribution in [0.5, 0.6) is 0 Å². The molecule has 6 unspecified atom stereocenters. The molecule has 2 aliphatic heterocycles. The normalized spacial score (nSPS) is 46.3. The van der Waals surface area contributed by atoms with Crippen molar-refractivity contribution >= 4 is 0 Å². The van der Waals surface area contributed by atoms with Crippen molar-refractivity contribution < 1.29 is 9.47 Å². The van der Waals surface area contributed by atoms with Gasteiger partial charge in [0, 0.05) is 12.1 Å². The molecule has 4 nitrogen and oxygen atoms in total. The number of ether oxygens (including phenoxy) is 2. The number of nitrogens with one attached hydrogen (secondary N) is 2. The second-order valence-corrected chi connectivity index (χ2v) is 7.37. The van der Waals surface area contributed by atoms with Gasteiger partial charge in [0.05, 0.1) is 12.2 Å². The summed E-state index contributed by atoms with van der Waals surface area (Å²) < 4.78 is 12.3. The molecule has 0 bridgehead atoms. The van der Waals surface area contributed by atoms with Gasteiger partial charge >= 0.3 is 0 Å². The van der Waals surface area contributed by atoms with Gasteiger partial charge in [-0.05, 0) is 44.9 Å². The Morgan fingerprint density at radius 3 is 1.62 bits per heavy atom. The van der Waals surface area contributed by atoms with Crippen molar-refractivity contribution in [3.05, 3.63) is 0 Å². The summed E-state index contributed by atoms with van der Waals surface area (Å²) in [4.78, 5) is 0. The zero-order valence-electron chi connectivity index (χ0n) is 13.1. The molecular formula is C17H30N2O2. The van der Waals surface area contributed by atoms with Crippen molar-refractivity contribution in [3.8, 4) is 0 Å². The van der Waals surface area contributed by atoms with Crippen molar-refractivity contribution in [2.75, 3.05) is 0 Å². The van der Waals surface area contributed by atoms with Crippen LogP contribution in [0.15, 0.2) is 0 Å². The van der Waals surface area contributed by atoms with Gasteiger partial charge in [0.25, 0.3) is 0 Å². The summed E-state index contributed by atoms with van der Waals surface area (Å²) in [7, 11) is 0. The molecule has 2 aliphatic carbocycles. The molecule has 2 N–H and O–H groups in total. The van der Waals surface area contributed by atoms with Crippen LogP contribution in [0.4, 0.5) is 0 Å². The van der Waals surface area contributed by atoms with Gasteiger partial charge in [-0.1, -0.05) is 25.7 Å². The number of rotatable bonds is 4. The lowest BCUT2D eigenvalue weighted by Crippen LogP contribution is -2.36. The monoisotopic (exact) mass is 294 g/mol. The molecule has 0 aromatic heterocycles. The highest BCUT2D eigenvalue weighted by Gasteiger charge is 2.37. The predicted octanol–water partition coefficient (Wildman–Crippen LogP) is 2.67. The van der Waals surface area contributed by atoms with E-state index < -0.39 is 0 Å². The van der Waals surface area contributed by atoms with Crippen LogP contribution in [0.1, 0.15) is 70.6 Å². The van der Waals surface area contributed by atoms with Gasteiger partial charge in [-0.15, -0.1) is 0 Å². The maximum atomic E-state index is 6.15. The lowest BCUT2D eigenvalue weighted by molar-refractivity contribution is 0.00667. The van der Waals surface area contributed by atoms with Crippen LogP contribution in [-0.2, 0) is 9.47 Å². The zero-order valence-corrected chi connectivity index (χ0v) is 13.1. The highest BCUT2D eigenvalue weighted by molar-refractivity contribution is 4.90. The Morgan fingerprint density at radius 1 is 0.667 bits per heavy atom. The molecule has 4 heteroatoms. The van der Waals surface area contributed by atoms with Crippen molar-refractivity contribution in [1.29, 1.82) is 0 Å². The Labute approximate surface area is 128 Å². The third-order valence-electron chi connectivity index (χ3n) is 5.82. The van der Waals surface area contributed by atoms with E-state index >= 15 is 0 Å². The molecule has 120 valence electrons. The summed E-state index contributed by atoms with van der Waals surface area (Å²) in [6.45, 7) is 0. The third-order valence-corrected chi connectivity index (χ3v) is 5.82. The average Bonchev–Trinajstić information content (AvgIpc) is 3.09. The molecule has 2 saturated carbocycles.